The first-order valence-electron chi connectivity index (χ1n) is 6.01. The predicted molar refractivity (Wildman–Crippen MR) is 63.8 cm³/mol. The summed E-state index contributed by atoms with van der Waals surface area (Å²) in [5, 5.41) is 3.30. The van der Waals surface area contributed by atoms with Crippen LogP contribution >= 0.6 is 0 Å². The van der Waals surface area contributed by atoms with E-state index in [1.807, 2.05) is 0 Å². The summed E-state index contributed by atoms with van der Waals surface area (Å²) in [5.74, 6) is 0.949. The molecule has 0 aromatic rings. The predicted octanol–water partition coefficient (Wildman–Crippen LogP) is 2.63. The molecule has 1 saturated carbocycles. The van der Waals surface area contributed by atoms with E-state index in [0.29, 0.717) is 24.2 Å². The first kappa shape index (κ1) is 12.7. The third-order valence-corrected chi connectivity index (χ3v) is 4.69. The highest BCUT2D eigenvalue weighted by Gasteiger charge is 2.68. The molecule has 2 nitrogen and oxygen atoms in total. The average Bonchev–Trinajstić information content (AvgIpc) is 2.50. The van der Waals surface area contributed by atoms with E-state index in [4.69, 9.17) is 0 Å². The quantitative estimate of drug-likeness (QED) is 0.757. The molecule has 1 rings (SSSR count). The fourth-order valence-electron chi connectivity index (χ4n) is 2.61. The molecule has 2 heteroatoms. The summed E-state index contributed by atoms with van der Waals surface area (Å²) in [6, 6.07) is 0.468. The Balaban J connectivity index is 2.43. The fraction of sp³-hybridized carbons (Fsp3) is 0.923. The summed E-state index contributed by atoms with van der Waals surface area (Å²) in [4.78, 5) is 12.1. The molecule has 1 aliphatic carbocycles. The van der Waals surface area contributed by atoms with Gasteiger partial charge in [0.1, 0.15) is 5.78 Å². The molecule has 0 spiro atoms. The number of hydrogen-bond acceptors (Lipinski definition) is 2. The Morgan fingerprint density at radius 1 is 1.33 bits per heavy atom. The molecule has 0 aromatic heterocycles. The molecular weight excluding hydrogens is 186 g/mol. The van der Waals surface area contributed by atoms with Crippen molar-refractivity contribution >= 4 is 5.78 Å². The Morgan fingerprint density at radius 2 is 1.80 bits per heavy atom. The highest BCUT2D eigenvalue weighted by atomic mass is 16.1. The molecule has 0 amide bonds. The van der Waals surface area contributed by atoms with Crippen LogP contribution in [0.25, 0.3) is 0 Å². The van der Waals surface area contributed by atoms with E-state index in [0.717, 1.165) is 6.54 Å². The topological polar surface area (TPSA) is 29.1 Å². The maximum atomic E-state index is 12.1. The second kappa shape index (κ2) is 3.89. The third kappa shape index (κ3) is 1.96. The van der Waals surface area contributed by atoms with Gasteiger partial charge in [-0.3, -0.25) is 4.79 Å². The maximum Gasteiger partial charge on any atom is 0.140 e. The van der Waals surface area contributed by atoms with Crippen molar-refractivity contribution in [2.75, 3.05) is 6.54 Å². The lowest BCUT2D eigenvalue weighted by molar-refractivity contribution is -0.124. The molecule has 0 heterocycles. The highest BCUT2D eigenvalue weighted by molar-refractivity contribution is 5.89. The summed E-state index contributed by atoms with van der Waals surface area (Å²) >= 11 is 0. The molecule has 2 unspecified atom stereocenters. The van der Waals surface area contributed by atoms with Crippen LogP contribution in [0.5, 0.6) is 0 Å². The molecule has 0 aromatic carbocycles. The lowest BCUT2D eigenvalue weighted by Crippen LogP contribution is -2.28. The summed E-state index contributed by atoms with van der Waals surface area (Å²) in [6.07, 6.45) is 0.669. The van der Waals surface area contributed by atoms with Gasteiger partial charge in [-0.05, 0) is 11.3 Å². The lowest BCUT2D eigenvalue weighted by Gasteiger charge is -2.14. The van der Waals surface area contributed by atoms with Gasteiger partial charge in [0.05, 0.1) is 0 Å². The van der Waals surface area contributed by atoms with Crippen LogP contribution in [0.3, 0.4) is 0 Å². The summed E-state index contributed by atoms with van der Waals surface area (Å²) < 4.78 is 0. The summed E-state index contributed by atoms with van der Waals surface area (Å²) in [6.45, 7) is 13.7. The zero-order valence-corrected chi connectivity index (χ0v) is 11.0. The van der Waals surface area contributed by atoms with Gasteiger partial charge in [-0.1, -0.05) is 41.5 Å². The van der Waals surface area contributed by atoms with Gasteiger partial charge in [0, 0.05) is 24.4 Å². The minimum atomic E-state index is -0.0777. The van der Waals surface area contributed by atoms with E-state index >= 15 is 0 Å². The second-order valence-corrected chi connectivity index (χ2v) is 5.93. The fourth-order valence-corrected chi connectivity index (χ4v) is 2.61. The van der Waals surface area contributed by atoms with Gasteiger partial charge in [-0.2, -0.15) is 0 Å². The largest absolute Gasteiger partial charge is 0.314 e. The van der Waals surface area contributed by atoms with E-state index < -0.39 is 0 Å². The van der Waals surface area contributed by atoms with Crippen LogP contribution in [0.1, 0.15) is 48.0 Å². The lowest BCUT2D eigenvalue weighted by atomic mass is 9.91. The third-order valence-electron chi connectivity index (χ3n) is 4.69. The number of nitrogens with one attached hydrogen (secondary N) is 1. The highest BCUT2D eigenvalue weighted by Crippen LogP contribution is 2.69. The van der Waals surface area contributed by atoms with Gasteiger partial charge in [-0.25, -0.2) is 0 Å². The molecule has 0 radical (unpaired) electrons. The SMILES string of the molecule is CC(C)NCCC(=O)C1(C)C(C)C1(C)C. The Kier molecular flexibility index (Phi) is 3.30. The molecule has 0 saturated heterocycles. The molecule has 88 valence electrons. The molecule has 1 fully saturated rings. The van der Waals surface area contributed by atoms with E-state index in [-0.39, 0.29) is 10.8 Å². The van der Waals surface area contributed by atoms with E-state index in [2.05, 4.69) is 46.9 Å². The van der Waals surface area contributed by atoms with E-state index in [1.165, 1.54) is 0 Å². The molecule has 1 aliphatic rings. The molecule has 2 atom stereocenters. The van der Waals surface area contributed by atoms with Crippen LogP contribution in [-0.4, -0.2) is 18.4 Å². The smallest absolute Gasteiger partial charge is 0.140 e. The van der Waals surface area contributed by atoms with Gasteiger partial charge >= 0.3 is 0 Å². The standard InChI is InChI=1S/C13H25NO/c1-9(2)14-8-7-11(15)13(6)10(3)12(13,4)5/h9-10,14H,7-8H2,1-6H3. The van der Waals surface area contributed by atoms with Gasteiger partial charge < -0.3 is 5.32 Å². The molecule has 15 heavy (non-hydrogen) atoms. The summed E-state index contributed by atoms with van der Waals surface area (Å²) in [5.41, 5.74) is 0.119. The van der Waals surface area contributed by atoms with E-state index in [9.17, 15) is 4.79 Å². The van der Waals surface area contributed by atoms with Crippen LogP contribution in [-0.2, 0) is 4.79 Å². The first-order valence-corrected chi connectivity index (χ1v) is 6.01. The molecular formula is C13H25NO. The normalized spacial score (nSPS) is 33.1. The minimum Gasteiger partial charge on any atom is -0.314 e. The van der Waals surface area contributed by atoms with Gasteiger partial charge in [0.2, 0.25) is 0 Å². The monoisotopic (exact) mass is 211 g/mol. The van der Waals surface area contributed by atoms with Crippen molar-refractivity contribution in [3.63, 3.8) is 0 Å². The molecule has 0 aliphatic heterocycles. The first-order chi connectivity index (χ1) is 6.74. The average molecular weight is 211 g/mol. The number of carbonyl (C=O) groups is 1. The zero-order valence-electron chi connectivity index (χ0n) is 11.0. The van der Waals surface area contributed by atoms with Crippen LogP contribution in [0.15, 0.2) is 0 Å². The van der Waals surface area contributed by atoms with Gasteiger partial charge in [0.25, 0.3) is 0 Å². The van der Waals surface area contributed by atoms with Crippen molar-refractivity contribution in [1.29, 1.82) is 0 Å². The van der Waals surface area contributed by atoms with E-state index in [1.54, 1.807) is 0 Å². The van der Waals surface area contributed by atoms with Crippen molar-refractivity contribution < 1.29 is 4.79 Å². The van der Waals surface area contributed by atoms with Crippen molar-refractivity contribution in [1.82, 2.24) is 5.32 Å². The molecule has 0 bridgehead atoms. The Morgan fingerprint density at radius 3 is 2.13 bits per heavy atom. The van der Waals surface area contributed by atoms with Crippen LogP contribution in [0.2, 0.25) is 0 Å². The number of carbonyl (C=O) groups excluding carboxylic acids is 1. The number of hydrogen-bond donors (Lipinski definition) is 1. The van der Waals surface area contributed by atoms with Crippen LogP contribution in [0, 0.1) is 16.7 Å². The minimum absolute atomic E-state index is 0.0777. The van der Waals surface area contributed by atoms with Crippen molar-refractivity contribution in [3.05, 3.63) is 0 Å². The van der Waals surface area contributed by atoms with Crippen molar-refractivity contribution in [2.24, 2.45) is 16.7 Å². The number of rotatable bonds is 5. The Hall–Kier alpha value is -0.370. The summed E-state index contributed by atoms with van der Waals surface area (Å²) in [7, 11) is 0. The number of ketones is 1. The molecule has 1 N–H and O–H groups in total. The van der Waals surface area contributed by atoms with Crippen molar-refractivity contribution in [3.8, 4) is 0 Å². The van der Waals surface area contributed by atoms with Gasteiger partial charge in [-0.15, -0.1) is 0 Å². The maximum absolute atomic E-state index is 12.1. The van der Waals surface area contributed by atoms with Crippen LogP contribution in [0.4, 0.5) is 0 Å². The second-order valence-electron chi connectivity index (χ2n) is 5.93. The Bertz CT molecular complexity index is 257. The van der Waals surface area contributed by atoms with Gasteiger partial charge in [0.15, 0.2) is 0 Å². The van der Waals surface area contributed by atoms with Crippen LogP contribution < -0.4 is 5.32 Å². The van der Waals surface area contributed by atoms with Crippen molar-refractivity contribution in [2.45, 2.75) is 54.0 Å². The Labute approximate surface area is 93.8 Å². The number of Topliss-reactive ketones (excluding diaryl/α,β-unsaturated/α-hetero) is 1. The zero-order chi connectivity index (χ0) is 11.9.